The first kappa shape index (κ1) is 33.5. The van der Waals surface area contributed by atoms with Crippen molar-refractivity contribution in [3.63, 3.8) is 0 Å². The van der Waals surface area contributed by atoms with E-state index in [1.54, 1.807) is 6.07 Å². The number of anilines is 1. The molecule has 3 fully saturated rings. The summed E-state index contributed by atoms with van der Waals surface area (Å²) in [6.45, 7) is 9.06. The Morgan fingerprint density at radius 1 is 1.04 bits per heavy atom. The number of para-hydroxylation sites is 1. The van der Waals surface area contributed by atoms with E-state index in [-0.39, 0.29) is 16.9 Å². The van der Waals surface area contributed by atoms with Gasteiger partial charge in [0.2, 0.25) is 0 Å². The molecule has 6 heterocycles. The van der Waals surface area contributed by atoms with Crippen molar-refractivity contribution in [3.8, 4) is 6.01 Å². The molecule has 272 valence electrons. The summed E-state index contributed by atoms with van der Waals surface area (Å²) in [5.41, 5.74) is 7.35. The molecule has 1 aliphatic carbocycles. The number of fused-ring (bicyclic) bond motifs is 5. The first-order chi connectivity index (χ1) is 25.2. The molecule has 3 atom stereocenters. The first-order valence-electron chi connectivity index (χ1n) is 18.9. The smallest absolute Gasteiger partial charge is 0.318 e. The van der Waals surface area contributed by atoms with E-state index in [0.717, 1.165) is 99.4 Å². The van der Waals surface area contributed by atoms with Crippen molar-refractivity contribution in [1.82, 2.24) is 34.6 Å². The maximum absolute atomic E-state index is 14.7. The van der Waals surface area contributed by atoms with E-state index in [1.807, 2.05) is 23.8 Å². The Hall–Kier alpha value is -4.35. The van der Waals surface area contributed by atoms with Crippen molar-refractivity contribution in [2.45, 2.75) is 75.2 Å². The monoisotopic (exact) mass is 706 g/mol. The number of benzene rings is 2. The van der Waals surface area contributed by atoms with Gasteiger partial charge in [0.25, 0.3) is 0 Å². The highest BCUT2D eigenvalue weighted by molar-refractivity contribution is 5.82. The van der Waals surface area contributed by atoms with Gasteiger partial charge in [-0.15, -0.1) is 0 Å². The molecule has 4 aliphatic heterocycles. The fraction of sp³-hybridized carbons (Fsp3) is 0.488. The van der Waals surface area contributed by atoms with E-state index in [2.05, 4.69) is 62.9 Å². The molecule has 0 radical (unpaired) electrons. The Balaban J connectivity index is 1.07. The van der Waals surface area contributed by atoms with Crippen LogP contribution in [-0.4, -0.2) is 87.4 Å². The van der Waals surface area contributed by atoms with Crippen LogP contribution in [0.4, 0.5) is 14.6 Å². The van der Waals surface area contributed by atoms with E-state index < -0.39 is 6.17 Å². The second-order valence-corrected chi connectivity index (χ2v) is 15.7. The number of likely N-dealkylation sites (N-methyl/N-ethyl adjacent to an activating group) is 1. The number of halogens is 2. The topological polar surface area (TPSA) is 74.6 Å². The Morgan fingerprint density at radius 3 is 2.81 bits per heavy atom. The Bertz CT molecular complexity index is 2080. The highest BCUT2D eigenvalue weighted by Crippen LogP contribution is 2.47. The van der Waals surface area contributed by atoms with Crippen LogP contribution in [0.15, 0.2) is 60.8 Å². The predicted molar refractivity (Wildman–Crippen MR) is 199 cm³/mol. The van der Waals surface area contributed by atoms with Gasteiger partial charge in [-0.05, 0) is 81.5 Å². The lowest BCUT2D eigenvalue weighted by Crippen LogP contribution is -2.51. The molecule has 52 heavy (non-hydrogen) atoms. The number of imidazole rings is 1. The molecule has 4 aromatic rings. The van der Waals surface area contributed by atoms with E-state index >= 15 is 0 Å². The molecule has 3 saturated heterocycles. The molecule has 0 amide bonds. The first-order valence-corrected chi connectivity index (χ1v) is 18.9. The SMILES string of the molecule is C=C(/C=C1/CN(c2nc(OC[C@@]34CCCN3C[C@H](F)C4)nc3c2CN(C)[C@@]2(CCCc4ccccc42)C3)CCCN1)c1nc2c(F)cccc2n1C. The van der Waals surface area contributed by atoms with Crippen LogP contribution >= 0.6 is 0 Å². The number of hydrogen-bond donors (Lipinski definition) is 1. The lowest BCUT2D eigenvalue weighted by atomic mass is 9.71. The van der Waals surface area contributed by atoms with Gasteiger partial charge in [0.05, 0.1) is 28.8 Å². The van der Waals surface area contributed by atoms with Crippen LogP contribution in [0.25, 0.3) is 16.6 Å². The zero-order valence-electron chi connectivity index (χ0n) is 30.3. The zero-order valence-corrected chi connectivity index (χ0v) is 30.3. The van der Waals surface area contributed by atoms with Gasteiger partial charge in [0.1, 0.15) is 29.9 Å². The van der Waals surface area contributed by atoms with Crippen molar-refractivity contribution >= 4 is 22.4 Å². The molecule has 2 aromatic heterocycles. The molecule has 2 aromatic carbocycles. The van der Waals surface area contributed by atoms with Gasteiger partial charge in [-0.2, -0.15) is 9.97 Å². The minimum Gasteiger partial charge on any atom is -0.461 e. The number of nitrogens with one attached hydrogen (secondary N) is 1. The minimum atomic E-state index is -0.821. The van der Waals surface area contributed by atoms with Crippen LogP contribution in [0, 0.1) is 5.82 Å². The van der Waals surface area contributed by atoms with Crippen molar-refractivity contribution in [2.24, 2.45) is 7.05 Å². The van der Waals surface area contributed by atoms with Crippen LogP contribution in [0.3, 0.4) is 0 Å². The zero-order chi connectivity index (χ0) is 35.6. The third kappa shape index (κ3) is 5.59. The van der Waals surface area contributed by atoms with E-state index in [9.17, 15) is 8.78 Å². The van der Waals surface area contributed by atoms with Crippen LogP contribution in [0.2, 0.25) is 0 Å². The number of rotatable bonds is 6. The fourth-order valence-corrected chi connectivity index (χ4v) is 9.94. The summed E-state index contributed by atoms with van der Waals surface area (Å²) in [5.74, 6) is 1.18. The second kappa shape index (κ2) is 12.9. The molecule has 11 heteroatoms. The normalized spacial score (nSPS) is 27.0. The molecular formula is C41H48F2N8O. The quantitative estimate of drug-likeness (QED) is 0.259. The van der Waals surface area contributed by atoms with Crippen molar-refractivity contribution < 1.29 is 13.5 Å². The molecule has 0 unspecified atom stereocenters. The van der Waals surface area contributed by atoms with Gasteiger partial charge in [0.15, 0.2) is 5.82 Å². The summed E-state index contributed by atoms with van der Waals surface area (Å²) in [5, 5.41) is 3.62. The molecule has 1 spiro atoms. The fourth-order valence-electron chi connectivity index (χ4n) is 9.94. The Kier molecular flexibility index (Phi) is 8.34. The summed E-state index contributed by atoms with van der Waals surface area (Å²) < 4.78 is 37.8. The van der Waals surface area contributed by atoms with Gasteiger partial charge in [-0.25, -0.2) is 13.8 Å². The van der Waals surface area contributed by atoms with Crippen LogP contribution in [-0.2, 0) is 32.0 Å². The maximum atomic E-state index is 14.7. The largest absolute Gasteiger partial charge is 0.461 e. The molecule has 0 saturated carbocycles. The van der Waals surface area contributed by atoms with Crippen LogP contribution < -0.4 is 15.0 Å². The standard InChI is InChI=1S/C41H48F2N8O/c1-27(37-46-36-33(43)13-6-14-35(36)49(37)3)20-30-24-50(18-9-17-44-30)38-31-25-48(2)41(16-7-11-28-10-4-5-12-32(28)41)22-34(31)45-39(47-38)52-26-40-15-8-19-51(40)23-29(42)21-40/h4-6,10,12-14,20,29,44H,1,7-9,11,15-19,21-26H2,2-3H3/b30-20-/t29-,40+,41+/m1/s1. The van der Waals surface area contributed by atoms with Gasteiger partial charge in [-0.1, -0.05) is 36.9 Å². The number of aryl methyl sites for hydroxylation is 2. The van der Waals surface area contributed by atoms with Gasteiger partial charge in [0, 0.05) is 62.9 Å². The van der Waals surface area contributed by atoms with Crippen LogP contribution in [0.1, 0.15) is 66.7 Å². The average Bonchev–Trinajstić information content (AvgIpc) is 3.72. The predicted octanol–water partition coefficient (Wildman–Crippen LogP) is 6.07. The van der Waals surface area contributed by atoms with Gasteiger partial charge in [-0.3, -0.25) is 9.80 Å². The van der Waals surface area contributed by atoms with Crippen LogP contribution in [0.5, 0.6) is 6.01 Å². The summed E-state index contributed by atoms with van der Waals surface area (Å²) in [6, 6.07) is 14.3. The number of nitrogens with zero attached hydrogens (tertiary/aromatic N) is 7. The van der Waals surface area contributed by atoms with Crippen molar-refractivity contribution in [2.75, 3.05) is 51.3 Å². The lowest BCUT2D eigenvalue weighted by Gasteiger charge is -2.49. The average molecular weight is 707 g/mol. The highest BCUT2D eigenvalue weighted by Gasteiger charge is 2.50. The summed E-state index contributed by atoms with van der Waals surface area (Å²) in [4.78, 5) is 22.2. The molecular weight excluding hydrogens is 659 g/mol. The second-order valence-electron chi connectivity index (χ2n) is 15.7. The number of hydrogen-bond acceptors (Lipinski definition) is 8. The van der Waals surface area contributed by atoms with Crippen molar-refractivity contribution in [1.29, 1.82) is 0 Å². The molecule has 5 aliphatic rings. The van der Waals surface area contributed by atoms with Gasteiger partial charge >= 0.3 is 6.01 Å². The summed E-state index contributed by atoms with van der Waals surface area (Å²) in [7, 11) is 4.15. The third-order valence-electron chi connectivity index (χ3n) is 12.5. The number of alkyl halides is 1. The number of ether oxygens (including phenoxy) is 1. The van der Waals surface area contributed by atoms with E-state index in [0.29, 0.717) is 49.0 Å². The van der Waals surface area contributed by atoms with Gasteiger partial charge < -0.3 is 19.5 Å². The minimum absolute atomic E-state index is 0.146. The number of allylic oxidation sites excluding steroid dienone is 2. The molecule has 9 nitrogen and oxygen atoms in total. The Labute approximate surface area is 304 Å². The third-order valence-corrected chi connectivity index (χ3v) is 12.5. The highest BCUT2D eigenvalue weighted by atomic mass is 19.1. The van der Waals surface area contributed by atoms with Crippen molar-refractivity contribution in [3.05, 3.63) is 94.8 Å². The van der Waals surface area contributed by atoms with E-state index in [1.165, 1.54) is 17.2 Å². The number of aromatic nitrogens is 4. The Morgan fingerprint density at radius 2 is 1.92 bits per heavy atom. The summed E-state index contributed by atoms with van der Waals surface area (Å²) in [6.07, 6.45) is 8.70. The summed E-state index contributed by atoms with van der Waals surface area (Å²) >= 11 is 0. The molecule has 9 rings (SSSR count). The maximum Gasteiger partial charge on any atom is 0.318 e. The molecule has 1 N–H and O–H groups in total. The molecule has 0 bridgehead atoms. The van der Waals surface area contributed by atoms with E-state index in [4.69, 9.17) is 14.7 Å². The lowest BCUT2D eigenvalue weighted by molar-refractivity contribution is 0.0714.